The molecule has 9 heteroatoms. The zero-order chi connectivity index (χ0) is 16.0. The maximum Gasteiger partial charge on any atom is 0.438 e. The molecule has 6 nitrogen and oxygen atoms in total. The lowest BCUT2D eigenvalue weighted by atomic mass is 10.1. The molecule has 0 radical (unpaired) electrons. The largest absolute Gasteiger partial charge is 0.438 e. The fourth-order valence-electron chi connectivity index (χ4n) is 2.11. The van der Waals surface area contributed by atoms with Crippen molar-refractivity contribution in [1.29, 1.82) is 0 Å². The predicted molar refractivity (Wildman–Crippen MR) is 67.3 cm³/mol. The van der Waals surface area contributed by atoms with Crippen LogP contribution in [0.2, 0.25) is 0 Å². The standard InChI is InChI=1S/C12H15F3N4O2/c1-7-4-5-18(16-7)9(3)10(20)19-11(21,12(13,14)15)6-8(2)17-19/h4-5,9,21H,6H2,1-3H3/t9-,11+/m1/s1. The first-order valence-corrected chi connectivity index (χ1v) is 6.25. The minimum atomic E-state index is -5.00. The molecule has 1 aromatic heterocycles. The van der Waals surface area contributed by atoms with Crippen LogP contribution in [0.3, 0.4) is 0 Å². The van der Waals surface area contributed by atoms with Gasteiger partial charge in [-0.25, -0.2) is 0 Å². The van der Waals surface area contributed by atoms with Crippen LogP contribution in [0, 0.1) is 6.92 Å². The molecule has 0 spiro atoms. The number of aliphatic hydroxyl groups is 1. The number of aryl methyl sites for hydroxylation is 1. The highest BCUT2D eigenvalue weighted by Gasteiger charge is 2.63. The second-order valence-electron chi connectivity index (χ2n) is 5.09. The molecule has 1 amide bonds. The van der Waals surface area contributed by atoms with E-state index in [1.165, 1.54) is 24.7 Å². The van der Waals surface area contributed by atoms with E-state index < -0.39 is 30.3 Å². The van der Waals surface area contributed by atoms with E-state index >= 15 is 0 Å². The monoisotopic (exact) mass is 304 g/mol. The first kappa shape index (κ1) is 15.5. The first-order chi connectivity index (χ1) is 9.56. The van der Waals surface area contributed by atoms with Gasteiger partial charge in [0.1, 0.15) is 6.04 Å². The van der Waals surface area contributed by atoms with E-state index in [0.717, 1.165) is 0 Å². The zero-order valence-electron chi connectivity index (χ0n) is 11.7. The Labute approximate surface area is 118 Å². The molecule has 1 aromatic rings. The van der Waals surface area contributed by atoms with E-state index in [1.54, 1.807) is 13.0 Å². The van der Waals surface area contributed by atoms with Crippen LogP contribution in [-0.4, -0.2) is 43.4 Å². The van der Waals surface area contributed by atoms with Crippen LogP contribution in [0.1, 0.15) is 32.0 Å². The average molecular weight is 304 g/mol. The van der Waals surface area contributed by atoms with Gasteiger partial charge in [-0.2, -0.15) is 28.4 Å². The summed E-state index contributed by atoms with van der Waals surface area (Å²) in [5, 5.41) is 17.5. The van der Waals surface area contributed by atoms with E-state index in [-0.39, 0.29) is 10.7 Å². The molecule has 2 rings (SSSR count). The molecule has 2 heterocycles. The summed E-state index contributed by atoms with van der Waals surface area (Å²) >= 11 is 0. The number of carbonyl (C=O) groups is 1. The summed E-state index contributed by atoms with van der Waals surface area (Å²) in [7, 11) is 0. The number of amides is 1. The van der Waals surface area contributed by atoms with Crippen molar-refractivity contribution >= 4 is 11.6 Å². The lowest BCUT2D eigenvalue weighted by Crippen LogP contribution is -2.57. The number of hydrogen-bond acceptors (Lipinski definition) is 4. The van der Waals surface area contributed by atoms with Gasteiger partial charge in [0, 0.05) is 18.3 Å². The highest BCUT2D eigenvalue weighted by atomic mass is 19.4. The highest BCUT2D eigenvalue weighted by molar-refractivity contribution is 5.90. The topological polar surface area (TPSA) is 70.7 Å². The number of carbonyl (C=O) groups excluding carboxylic acids is 1. The normalized spacial score (nSPS) is 24.1. The Morgan fingerprint density at radius 1 is 1.48 bits per heavy atom. The van der Waals surface area contributed by atoms with Crippen molar-refractivity contribution in [2.45, 2.75) is 45.1 Å². The van der Waals surface area contributed by atoms with Crippen molar-refractivity contribution in [2.75, 3.05) is 0 Å². The Morgan fingerprint density at radius 2 is 2.10 bits per heavy atom. The maximum atomic E-state index is 13.1. The Bertz CT molecular complexity index is 596. The van der Waals surface area contributed by atoms with E-state index in [4.69, 9.17) is 0 Å². The van der Waals surface area contributed by atoms with Crippen molar-refractivity contribution in [3.8, 4) is 0 Å². The summed E-state index contributed by atoms with van der Waals surface area (Å²) in [6.45, 7) is 4.42. The average Bonchev–Trinajstić information content (AvgIpc) is 2.91. The molecule has 0 bridgehead atoms. The lowest BCUT2D eigenvalue weighted by Gasteiger charge is -2.33. The maximum absolute atomic E-state index is 13.1. The molecule has 0 unspecified atom stereocenters. The lowest BCUT2D eigenvalue weighted by molar-refractivity contribution is -0.303. The molecule has 1 aliphatic rings. The molecule has 1 N–H and O–H groups in total. The fourth-order valence-corrected chi connectivity index (χ4v) is 2.11. The molecule has 0 fully saturated rings. The van der Waals surface area contributed by atoms with Crippen molar-refractivity contribution in [1.82, 2.24) is 14.8 Å². The van der Waals surface area contributed by atoms with Gasteiger partial charge in [-0.15, -0.1) is 0 Å². The van der Waals surface area contributed by atoms with Gasteiger partial charge < -0.3 is 5.11 Å². The number of rotatable bonds is 2. The van der Waals surface area contributed by atoms with E-state index in [1.807, 2.05) is 0 Å². The molecule has 0 aliphatic carbocycles. The van der Waals surface area contributed by atoms with Gasteiger partial charge >= 0.3 is 6.18 Å². The zero-order valence-corrected chi connectivity index (χ0v) is 11.7. The summed E-state index contributed by atoms with van der Waals surface area (Å²) in [4.78, 5) is 12.3. The van der Waals surface area contributed by atoms with E-state index in [9.17, 15) is 23.1 Å². The number of aromatic nitrogens is 2. The molecule has 0 aromatic carbocycles. The Morgan fingerprint density at radius 3 is 2.57 bits per heavy atom. The number of nitrogens with zero attached hydrogens (tertiary/aromatic N) is 4. The van der Waals surface area contributed by atoms with Gasteiger partial charge in [0.25, 0.3) is 11.6 Å². The van der Waals surface area contributed by atoms with Crippen molar-refractivity contribution in [2.24, 2.45) is 5.10 Å². The number of hydrogen-bond donors (Lipinski definition) is 1. The predicted octanol–water partition coefficient (Wildman–Crippen LogP) is 1.61. The van der Waals surface area contributed by atoms with E-state index in [0.29, 0.717) is 5.69 Å². The summed E-state index contributed by atoms with van der Waals surface area (Å²) in [5.41, 5.74) is -2.64. The van der Waals surface area contributed by atoms with Gasteiger partial charge in [0.15, 0.2) is 0 Å². The van der Waals surface area contributed by atoms with Crippen molar-refractivity contribution in [3.63, 3.8) is 0 Å². The van der Waals surface area contributed by atoms with Gasteiger partial charge in [-0.3, -0.25) is 9.48 Å². The number of halogens is 3. The molecule has 0 saturated heterocycles. The van der Waals surface area contributed by atoms with E-state index in [2.05, 4.69) is 10.2 Å². The SMILES string of the molecule is CC1=NN(C(=O)[C@@H](C)n2ccc(C)n2)[C@@](O)(C(F)(F)F)C1. The molecular formula is C12H15F3N4O2. The second-order valence-corrected chi connectivity index (χ2v) is 5.09. The Hall–Kier alpha value is -1.90. The summed E-state index contributed by atoms with van der Waals surface area (Å²) in [6, 6.07) is 0.611. The first-order valence-electron chi connectivity index (χ1n) is 6.25. The molecule has 21 heavy (non-hydrogen) atoms. The van der Waals surface area contributed by atoms with Gasteiger partial charge in [0.05, 0.1) is 5.69 Å². The molecule has 2 atom stereocenters. The summed E-state index contributed by atoms with van der Waals surface area (Å²) in [6.07, 6.45) is -4.27. The van der Waals surface area contributed by atoms with Gasteiger partial charge in [-0.05, 0) is 26.8 Å². The van der Waals surface area contributed by atoms with Crippen LogP contribution in [0.25, 0.3) is 0 Å². The Balaban J connectivity index is 2.32. The molecular weight excluding hydrogens is 289 g/mol. The molecule has 1 aliphatic heterocycles. The third kappa shape index (κ3) is 2.53. The summed E-state index contributed by atoms with van der Waals surface area (Å²) in [5.74, 6) is -0.977. The highest BCUT2D eigenvalue weighted by Crippen LogP contribution is 2.41. The molecule has 0 saturated carbocycles. The second kappa shape index (κ2) is 4.83. The van der Waals surface area contributed by atoms with Crippen molar-refractivity contribution < 1.29 is 23.1 Å². The minimum absolute atomic E-state index is 0.0343. The smallest absolute Gasteiger partial charge is 0.362 e. The number of hydrazone groups is 1. The van der Waals surface area contributed by atoms with Crippen LogP contribution in [0.15, 0.2) is 17.4 Å². The third-order valence-corrected chi connectivity index (χ3v) is 3.28. The fraction of sp³-hybridized carbons (Fsp3) is 0.583. The number of alkyl halides is 3. The molecule has 116 valence electrons. The quantitative estimate of drug-likeness (QED) is 0.902. The van der Waals surface area contributed by atoms with Crippen LogP contribution in [0.5, 0.6) is 0 Å². The minimum Gasteiger partial charge on any atom is -0.362 e. The Kier molecular flexibility index (Phi) is 3.56. The summed E-state index contributed by atoms with van der Waals surface area (Å²) < 4.78 is 40.4. The third-order valence-electron chi connectivity index (χ3n) is 3.28. The van der Waals surface area contributed by atoms with Crippen LogP contribution >= 0.6 is 0 Å². The van der Waals surface area contributed by atoms with Crippen LogP contribution in [0.4, 0.5) is 13.2 Å². The van der Waals surface area contributed by atoms with Gasteiger partial charge in [-0.1, -0.05) is 0 Å². The van der Waals surface area contributed by atoms with Crippen LogP contribution < -0.4 is 0 Å². The van der Waals surface area contributed by atoms with Gasteiger partial charge in [0.2, 0.25) is 0 Å². The van der Waals surface area contributed by atoms with Crippen molar-refractivity contribution in [3.05, 3.63) is 18.0 Å². The van der Waals surface area contributed by atoms with Crippen LogP contribution in [-0.2, 0) is 4.79 Å².